The van der Waals surface area contributed by atoms with Gasteiger partial charge in [0, 0.05) is 6.20 Å². The Labute approximate surface area is 119 Å². The van der Waals surface area contributed by atoms with Gasteiger partial charge in [0.05, 0.1) is 11.8 Å². The van der Waals surface area contributed by atoms with Gasteiger partial charge < -0.3 is 10.2 Å². The monoisotopic (exact) mass is 271 g/mol. The van der Waals surface area contributed by atoms with Gasteiger partial charge in [-0.3, -0.25) is 4.98 Å². The van der Waals surface area contributed by atoms with Crippen LogP contribution in [0.1, 0.15) is 55.2 Å². The molecule has 0 aliphatic carbocycles. The summed E-state index contributed by atoms with van der Waals surface area (Å²) < 4.78 is 0. The van der Waals surface area contributed by atoms with Crippen LogP contribution in [0.25, 0.3) is 0 Å². The SMILES string of the molecule is CCCCC(O)c1ccccc1C(O)c1ccccn1. The summed E-state index contributed by atoms with van der Waals surface area (Å²) in [5, 5.41) is 20.8. The quantitative estimate of drug-likeness (QED) is 0.846. The summed E-state index contributed by atoms with van der Waals surface area (Å²) in [6.45, 7) is 2.10. The van der Waals surface area contributed by atoms with Gasteiger partial charge in [-0.05, 0) is 29.7 Å². The number of hydrogen-bond donors (Lipinski definition) is 2. The van der Waals surface area contributed by atoms with Crippen LogP contribution >= 0.6 is 0 Å². The van der Waals surface area contributed by atoms with Crippen molar-refractivity contribution in [3.63, 3.8) is 0 Å². The maximum Gasteiger partial charge on any atom is 0.121 e. The number of rotatable bonds is 6. The molecular formula is C17H21NO2. The second kappa shape index (κ2) is 7.17. The fourth-order valence-electron chi connectivity index (χ4n) is 2.31. The number of pyridine rings is 1. The maximum atomic E-state index is 10.5. The molecule has 0 spiro atoms. The molecule has 3 nitrogen and oxygen atoms in total. The van der Waals surface area contributed by atoms with Gasteiger partial charge in [-0.25, -0.2) is 0 Å². The van der Waals surface area contributed by atoms with Crippen molar-refractivity contribution in [2.24, 2.45) is 0 Å². The smallest absolute Gasteiger partial charge is 0.121 e. The summed E-state index contributed by atoms with van der Waals surface area (Å²) in [7, 11) is 0. The summed E-state index contributed by atoms with van der Waals surface area (Å²) in [6, 6.07) is 12.9. The Balaban J connectivity index is 2.27. The van der Waals surface area contributed by atoms with E-state index in [0.717, 1.165) is 24.0 Å². The summed E-state index contributed by atoms with van der Waals surface area (Å²) in [6.07, 6.45) is 3.04. The van der Waals surface area contributed by atoms with Crippen LogP contribution in [-0.2, 0) is 0 Å². The van der Waals surface area contributed by atoms with E-state index >= 15 is 0 Å². The lowest BCUT2D eigenvalue weighted by Gasteiger charge is -2.19. The predicted octanol–water partition coefficient (Wildman–Crippen LogP) is 3.39. The molecule has 0 fully saturated rings. The van der Waals surface area contributed by atoms with Crippen LogP contribution in [0.15, 0.2) is 48.7 Å². The number of aliphatic hydroxyl groups is 2. The number of unbranched alkanes of at least 4 members (excludes halogenated alkanes) is 1. The Bertz CT molecular complexity index is 528. The molecule has 2 aromatic rings. The van der Waals surface area contributed by atoms with Crippen molar-refractivity contribution in [2.75, 3.05) is 0 Å². The third-order valence-corrected chi connectivity index (χ3v) is 3.45. The van der Waals surface area contributed by atoms with E-state index in [1.54, 1.807) is 12.3 Å². The van der Waals surface area contributed by atoms with E-state index < -0.39 is 12.2 Å². The van der Waals surface area contributed by atoms with E-state index in [4.69, 9.17) is 0 Å². The molecule has 1 heterocycles. The lowest BCUT2D eigenvalue weighted by molar-refractivity contribution is 0.155. The lowest BCUT2D eigenvalue weighted by atomic mass is 9.94. The minimum absolute atomic E-state index is 0.537. The number of aliphatic hydroxyl groups excluding tert-OH is 2. The first kappa shape index (κ1) is 14.7. The van der Waals surface area contributed by atoms with Crippen molar-refractivity contribution in [2.45, 2.75) is 38.4 Å². The summed E-state index contributed by atoms with van der Waals surface area (Å²) in [4.78, 5) is 4.19. The third-order valence-electron chi connectivity index (χ3n) is 3.45. The molecule has 1 aromatic heterocycles. The number of aromatic nitrogens is 1. The van der Waals surface area contributed by atoms with Crippen LogP contribution in [0, 0.1) is 0 Å². The average Bonchev–Trinajstić information content (AvgIpc) is 2.52. The van der Waals surface area contributed by atoms with Gasteiger partial charge in [0.25, 0.3) is 0 Å². The molecule has 1 aromatic carbocycles. The predicted molar refractivity (Wildman–Crippen MR) is 79.2 cm³/mol. The molecule has 3 heteroatoms. The zero-order chi connectivity index (χ0) is 14.4. The summed E-state index contributed by atoms with van der Waals surface area (Å²) in [5.41, 5.74) is 2.12. The van der Waals surface area contributed by atoms with Crippen LogP contribution < -0.4 is 0 Å². The fourth-order valence-corrected chi connectivity index (χ4v) is 2.31. The van der Waals surface area contributed by atoms with Gasteiger partial charge >= 0.3 is 0 Å². The van der Waals surface area contributed by atoms with Crippen LogP contribution in [-0.4, -0.2) is 15.2 Å². The highest BCUT2D eigenvalue weighted by Gasteiger charge is 2.19. The van der Waals surface area contributed by atoms with Crippen molar-refractivity contribution in [1.29, 1.82) is 0 Å². The van der Waals surface area contributed by atoms with Crippen LogP contribution in [0.2, 0.25) is 0 Å². The molecule has 0 saturated heterocycles. The van der Waals surface area contributed by atoms with E-state index in [1.807, 2.05) is 36.4 Å². The first-order valence-corrected chi connectivity index (χ1v) is 7.10. The second-order valence-corrected chi connectivity index (χ2v) is 4.94. The molecular weight excluding hydrogens is 250 g/mol. The van der Waals surface area contributed by atoms with Crippen molar-refractivity contribution in [1.82, 2.24) is 4.98 Å². The van der Waals surface area contributed by atoms with Crippen LogP contribution in [0.3, 0.4) is 0 Å². The zero-order valence-corrected chi connectivity index (χ0v) is 11.7. The molecule has 2 atom stereocenters. The topological polar surface area (TPSA) is 53.4 Å². The standard InChI is InChI=1S/C17H21NO2/c1-2-3-11-16(19)13-8-4-5-9-14(13)17(20)15-10-6-7-12-18-15/h4-10,12,16-17,19-20H,2-3,11H2,1H3. The normalized spacial score (nSPS) is 13.9. The second-order valence-electron chi connectivity index (χ2n) is 4.94. The molecule has 2 unspecified atom stereocenters. The van der Waals surface area contributed by atoms with E-state index in [9.17, 15) is 10.2 Å². The highest BCUT2D eigenvalue weighted by molar-refractivity contribution is 5.35. The summed E-state index contributed by atoms with van der Waals surface area (Å²) in [5.74, 6) is 0. The van der Waals surface area contributed by atoms with Crippen molar-refractivity contribution >= 4 is 0 Å². The van der Waals surface area contributed by atoms with E-state index in [2.05, 4.69) is 11.9 Å². The summed E-state index contributed by atoms with van der Waals surface area (Å²) >= 11 is 0. The fraction of sp³-hybridized carbons (Fsp3) is 0.353. The van der Waals surface area contributed by atoms with Gasteiger partial charge in [0.1, 0.15) is 6.10 Å². The molecule has 106 valence electrons. The highest BCUT2D eigenvalue weighted by Crippen LogP contribution is 2.29. The van der Waals surface area contributed by atoms with Gasteiger partial charge in [-0.1, -0.05) is 50.1 Å². The van der Waals surface area contributed by atoms with E-state index in [1.165, 1.54) is 0 Å². The average molecular weight is 271 g/mol. The van der Waals surface area contributed by atoms with E-state index in [-0.39, 0.29) is 0 Å². The first-order chi connectivity index (χ1) is 9.74. The van der Waals surface area contributed by atoms with Gasteiger partial charge in [0.2, 0.25) is 0 Å². The molecule has 2 N–H and O–H groups in total. The van der Waals surface area contributed by atoms with Crippen molar-refractivity contribution in [3.8, 4) is 0 Å². The lowest BCUT2D eigenvalue weighted by Crippen LogP contribution is -2.08. The largest absolute Gasteiger partial charge is 0.388 e. The number of benzene rings is 1. The van der Waals surface area contributed by atoms with E-state index in [0.29, 0.717) is 12.1 Å². The third kappa shape index (κ3) is 3.44. The molecule has 0 saturated carbocycles. The minimum Gasteiger partial charge on any atom is -0.388 e. The Morgan fingerprint density at radius 1 is 1.00 bits per heavy atom. The minimum atomic E-state index is -0.802. The number of hydrogen-bond acceptors (Lipinski definition) is 3. The van der Waals surface area contributed by atoms with Crippen molar-refractivity contribution in [3.05, 3.63) is 65.5 Å². The molecule has 0 radical (unpaired) electrons. The molecule has 2 rings (SSSR count). The Morgan fingerprint density at radius 2 is 1.70 bits per heavy atom. The Morgan fingerprint density at radius 3 is 2.35 bits per heavy atom. The molecule has 0 aliphatic rings. The number of nitrogens with zero attached hydrogens (tertiary/aromatic N) is 1. The zero-order valence-electron chi connectivity index (χ0n) is 11.7. The molecule has 20 heavy (non-hydrogen) atoms. The van der Waals surface area contributed by atoms with Crippen molar-refractivity contribution < 1.29 is 10.2 Å². The highest BCUT2D eigenvalue weighted by atomic mass is 16.3. The molecule has 0 amide bonds. The first-order valence-electron chi connectivity index (χ1n) is 7.10. The molecule has 0 aliphatic heterocycles. The van der Waals surface area contributed by atoms with Crippen LogP contribution in [0.5, 0.6) is 0 Å². The van der Waals surface area contributed by atoms with Gasteiger partial charge in [-0.2, -0.15) is 0 Å². The Hall–Kier alpha value is -1.71. The van der Waals surface area contributed by atoms with Gasteiger partial charge in [0.15, 0.2) is 0 Å². The maximum absolute atomic E-state index is 10.5. The Kier molecular flexibility index (Phi) is 5.27. The molecule has 0 bridgehead atoms. The van der Waals surface area contributed by atoms with Gasteiger partial charge in [-0.15, -0.1) is 0 Å². The van der Waals surface area contributed by atoms with Crippen LogP contribution in [0.4, 0.5) is 0 Å².